The Kier molecular flexibility index (Phi) is 6.37. The Bertz CT molecular complexity index is 933. The summed E-state index contributed by atoms with van der Waals surface area (Å²) in [6, 6.07) is 14.5. The number of rotatable bonds is 7. The van der Waals surface area contributed by atoms with Gasteiger partial charge in [0.1, 0.15) is 12.4 Å². The predicted octanol–water partition coefficient (Wildman–Crippen LogP) is 4.93. The van der Waals surface area contributed by atoms with E-state index < -0.39 is 0 Å². The molecule has 146 valence electrons. The van der Waals surface area contributed by atoms with Crippen LogP contribution in [0.5, 0.6) is 5.75 Å². The van der Waals surface area contributed by atoms with Crippen LogP contribution in [-0.4, -0.2) is 15.7 Å². The highest BCUT2D eigenvalue weighted by Gasteiger charge is 2.16. The Morgan fingerprint density at radius 3 is 2.46 bits per heavy atom. The molecule has 0 saturated carbocycles. The van der Waals surface area contributed by atoms with Crippen molar-refractivity contribution in [2.75, 3.05) is 0 Å². The molecule has 0 radical (unpaired) electrons. The van der Waals surface area contributed by atoms with Crippen molar-refractivity contribution in [2.24, 2.45) is 0 Å². The fourth-order valence-electron chi connectivity index (χ4n) is 3.01. The number of hydrogen-bond acceptors (Lipinski definition) is 3. The van der Waals surface area contributed by atoms with Gasteiger partial charge in [0.25, 0.3) is 5.91 Å². The van der Waals surface area contributed by atoms with Crippen molar-refractivity contribution in [3.05, 3.63) is 82.1 Å². The van der Waals surface area contributed by atoms with Crippen molar-refractivity contribution in [2.45, 2.75) is 40.0 Å². The van der Waals surface area contributed by atoms with Gasteiger partial charge in [-0.1, -0.05) is 23.7 Å². The van der Waals surface area contributed by atoms with E-state index in [4.69, 9.17) is 16.3 Å². The summed E-state index contributed by atoms with van der Waals surface area (Å²) in [6.45, 7) is 7.27. The van der Waals surface area contributed by atoms with Crippen molar-refractivity contribution >= 4 is 17.5 Å². The molecule has 0 aliphatic rings. The summed E-state index contributed by atoms with van der Waals surface area (Å²) in [7, 11) is 0. The predicted molar refractivity (Wildman–Crippen MR) is 111 cm³/mol. The van der Waals surface area contributed by atoms with Crippen LogP contribution < -0.4 is 10.1 Å². The van der Waals surface area contributed by atoms with Gasteiger partial charge in [-0.25, -0.2) is 0 Å². The zero-order chi connectivity index (χ0) is 20.1. The third-order valence-electron chi connectivity index (χ3n) is 4.69. The third-order valence-corrected chi connectivity index (χ3v) is 4.94. The Balaban J connectivity index is 1.58. The van der Waals surface area contributed by atoms with Crippen LogP contribution in [0.2, 0.25) is 5.02 Å². The lowest BCUT2D eigenvalue weighted by Gasteiger charge is -2.14. The number of carbonyl (C=O) groups is 1. The number of aromatic nitrogens is 2. The van der Waals surface area contributed by atoms with Gasteiger partial charge in [0.2, 0.25) is 0 Å². The number of nitrogens with zero attached hydrogens (tertiary/aromatic N) is 2. The molecule has 1 N–H and O–H groups in total. The van der Waals surface area contributed by atoms with E-state index in [-0.39, 0.29) is 11.9 Å². The fraction of sp³-hybridized carbons (Fsp3) is 0.273. The molecule has 1 unspecified atom stereocenters. The van der Waals surface area contributed by atoms with Gasteiger partial charge in [0, 0.05) is 28.4 Å². The molecule has 6 heteroatoms. The number of benzene rings is 2. The average Bonchev–Trinajstić information content (AvgIpc) is 3.08. The minimum absolute atomic E-state index is 0.110. The number of amides is 1. The second-order valence-corrected chi connectivity index (χ2v) is 7.07. The zero-order valence-corrected chi connectivity index (χ0v) is 17.0. The number of nitrogens with one attached hydrogen (secondary N) is 1. The fourth-order valence-corrected chi connectivity index (χ4v) is 3.14. The van der Waals surface area contributed by atoms with Crippen LogP contribution in [0.15, 0.2) is 54.7 Å². The summed E-state index contributed by atoms with van der Waals surface area (Å²) in [5.74, 6) is 0.643. The van der Waals surface area contributed by atoms with Crippen LogP contribution >= 0.6 is 11.6 Å². The smallest absolute Gasteiger partial charge is 0.251 e. The van der Waals surface area contributed by atoms with Crippen molar-refractivity contribution in [3.63, 3.8) is 0 Å². The van der Waals surface area contributed by atoms with Gasteiger partial charge >= 0.3 is 0 Å². The molecule has 0 spiro atoms. The molecule has 3 rings (SSSR count). The number of halogens is 1. The SMILES string of the molecule is CCn1ncc(C(C)NC(=O)c2ccc(COc3ccc(Cl)cc3)cc2)c1C. The number of aryl methyl sites for hydroxylation is 1. The minimum atomic E-state index is -0.110. The van der Waals surface area contributed by atoms with Crippen molar-refractivity contribution in [1.29, 1.82) is 0 Å². The molecule has 0 bridgehead atoms. The zero-order valence-electron chi connectivity index (χ0n) is 16.3. The molecule has 0 saturated heterocycles. The standard InChI is InChI=1S/C22H24ClN3O2/c1-4-26-16(3)21(13-24-26)15(2)25-22(27)18-7-5-17(6-8-18)14-28-20-11-9-19(23)10-12-20/h5-13,15H,4,14H2,1-3H3,(H,25,27). The first-order valence-corrected chi connectivity index (χ1v) is 9.66. The van der Waals surface area contributed by atoms with Crippen LogP contribution in [-0.2, 0) is 13.2 Å². The van der Waals surface area contributed by atoms with E-state index >= 15 is 0 Å². The average molecular weight is 398 g/mol. The van der Waals surface area contributed by atoms with Gasteiger partial charge in [-0.05, 0) is 62.7 Å². The second-order valence-electron chi connectivity index (χ2n) is 6.64. The maximum atomic E-state index is 12.6. The Labute approximate surface area is 170 Å². The van der Waals surface area contributed by atoms with Gasteiger partial charge in [-0.15, -0.1) is 0 Å². The molecular weight excluding hydrogens is 374 g/mol. The normalized spacial score (nSPS) is 11.9. The van der Waals surface area contributed by atoms with E-state index in [0.29, 0.717) is 17.2 Å². The Hall–Kier alpha value is -2.79. The third kappa shape index (κ3) is 4.73. The lowest BCUT2D eigenvalue weighted by Crippen LogP contribution is -2.27. The molecule has 0 aliphatic heterocycles. The van der Waals surface area contributed by atoms with Crippen LogP contribution in [0.1, 0.15) is 47.1 Å². The van der Waals surface area contributed by atoms with E-state index in [9.17, 15) is 4.79 Å². The molecule has 1 amide bonds. The quantitative estimate of drug-likeness (QED) is 0.614. The maximum Gasteiger partial charge on any atom is 0.251 e. The van der Waals surface area contributed by atoms with E-state index in [1.165, 1.54) is 0 Å². The molecule has 1 heterocycles. The van der Waals surface area contributed by atoms with Crippen LogP contribution in [0.4, 0.5) is 0 Å². The Morgan fingerprint density at radius 2 is 1.86 bits per heavy atom. The summed E-state index contributed by atoms with van der Waals surface area (Å²) in [4.78, 5) is 12.6. The largest absolute Gasteiger partial charge is 0.489 e. The van der Waals surface area contributed by atoms with Crippen molar-refractivity contribution < 1.29 is 9.53 Å². The van der Waals surface area contributed by atoms with Gasteiger partial charge in [-0.2, -0.15) is 5.10 Å². The Morgan fingerprint density at radius 1 is 1.18 bits per heavy atom. The highest BCUT2D eigenvalue weighted by Crippen LogP contribution is 2.19. The number of ether oxygens (including phenoxy) is 1. The maximum absolute atomic E-state index is 12.6. The second kappa shape index (κ2) is 8.93. The summed E-state index contributed by atoms with van der Waals surface area (Å²) < 4.78 is 7.65. The van der Waals surface area contributed by atoms with E-state index in [1.807, 2.05) is 68.0 Å². The summed E-state index contributed by atoms with van der Waals surface area (Å²) >= 11 is 5.87. The molecule has 0 aliphatic carbocycles. The first-order chi connectivity index (χ1) is 13.5. The highest BCUT2D eigenvalue weighted by molar-refractivity contribution is 6.30. The highest BCUT2D eigenvalue weighted by atomic mass is 35.5. The molecule has 5 nitrogen and oxygen atoms in total. The van der Waals surface area contributed by atoms with Crippen molar-refractivity contribution in [3.8, 4) is 5.75 Å². The number of carbonyl (C=O) groups excluding carboxylic acids is 1. The monoisotopic (exact) mass is 397 g/mol. The molecule has 1 atom stereocenters. The van der Waals surface area contributed by atoms with Crippen LogP contribution in [0.25, 0.3) is 0 Å². The minimum Gasteiger partial charge on any atom is -0.489 e. The summed E-state index contributed by atoms with van der Waals surface area (Å²) in [6.07, 6.45) is 1.82. The first-order valence-electron chi connectivity index (χ1n) is 9.28. The molecule has 0 fully saturated rings. The van der Waals surface area contributed by atoms with E-state index in [1.54, 1.807) is 12.1 Å². The van der Waals surface area contributed by atoms with Crippen LogP contribution in [0.3, 0.4) is 0 Å². The lowest BCUT2D eigenvalue weighted by atomic mass is 10.1. The van der Waals surface area contributed by atoms with E-state index in [0.717, 1.165) is 29.1 Å². The van der Waals surface area contributed by atoms with Gasteiger partial charge < -0.3 is 10.1 Å². The molecule has 3 aromatic rings. The van der Waals surface area contributed by atoms with Crippen LogP contribution in [0, 0.1) is 6.92 Å². The van der Waals surface area contributed by atoms with Crippen molar-refractivity contribution in [1.82, 2.24) is 15.1 Å². The summed E-state index contributed by atoms with van der Waals surface area (Å²) in [5.41, 5.74) is 3.70. The summed E-state index contributed by atoms with van der Waals surface area (Å²) in [5, 5.41) is 8.05. The molecule has 2 aromatic carbocycles. The molecule has 28 heavy (non-hydrogen) atoms. The van der Waals surface area contributed by atoms with E-state index in [2.05, 4.69) is 10.4 Å². The van der Waals surface area contributed by atoms with Gasteiger partial charge in [0.05, 0.1) is 12.2 Å². The lowest BCUT2D eigenvalue weighted by molar-refractivity contribution is 0.0939. The number of hydrogen-bond donors (Lipinski definition) is 1. The van der Waals surface area contributed by atoms with Gasteiger partial charge in [0.15, 0.2) is 0 Å². The molecular formula is C22H24ClN3O2. The first kappa shape index (κ1) is 20.0. The molecule has 1 aromatic heterocycles. The van der Waals surface area contributed by atoms with Gasteiger partial charge in [-0.3, -0.25) is 9.48 Å². The topological polar surface area (TPSA) is 56.2 Å².